The fourth-order valence-corrected chi connectivity index (χ4v) is 4.32. The van der Waals surface area contributed by atoms with E-state index in [0.29, 0.717) is 12.2 Å². The molecule has 2 unspecified atom stereocenters. The molecular formula is C19H25NO4. The molecule has 0 saturated heterocycles. The van der Waals surface area contributed by atoms with E-state index in [1.54, 1.807) is 17.0 Å². The third-order valence-electron chi connectivity index (χ3n) is 5.75. The molecule has 0 bridgehead atoms. The van der Waals surface area contributed by atoms with Crippen LogP contribution in [0.1, 0.15) is 58.9 Å². The Morgan fingerprint density at radius 3 is 2.50 bits per heavy atom. The summed E-state index contributed by atoms with van der Waals surface area (Å²) in [5.41, 5.74) is 1.50. The van der Waals surface area contributed by atoms with Crippen molar-refractivity contribution in [1.29, 1.82) is 0 Å². The second-order valence-corrected chi connectivity index (χ2v) is 7.09. The summed E-state index contributed by atoms with van der Waals surface area (Å²) in [6.45, 7) is 4.52. The van der Waals surface area contributed by atoms with Crippen LogP contribution in [0.3, 0.4) is 0 Å². The van der Waals surface area contributed by atoms with Crippen LogP contribution in [0.4, 0.5) is 0 Å². The van der Waals surface area contributed by atoms with Crippen molar-refractivity contribution in [2.45, 2.75) is 51.7 Å². The Morgan fingerprint density at radius 1 is 1.29 bits per heavy atom. The van der Waals surface area contributed by atoms with Gasteiger partial charge in [-0.1, -0.05) is 6.42 Å². The minimum Gasteiger partial charge on any atom is -0.478 e. The maximum atomic E-state index is 12.9. The summed E-state index contributed by atoms with van der Waals surface area (Å²) in [6, 6.07) is 5.00. The molecule has 2 saturated carbocycles. The predicted octanol–water partition coefficient (Wildman–Crippen LogP) is 3.11. The van der Waals surface area contributed by atoms with Gasteiger partial charge >= 0.3 is 5.97 Å². The summed E-state index contributed by atoms with van der Waals surface area (Å²) in [5.74, 6) is -1.11. The van der Waals surface area contributed by atoms with Crippen molar-refractivity contribution in [2.24, 2.45) is 5.41 Å². The lowest BCUT2D eigenvalue weighted by molar-refractivity contribution is -0.192. The Balaban J connectivity index is 1.80. The Morgan fingerprint density at radius 2 is 1.96 bits per heavy atom. The van der Waals surface area contributed by atoms with Crippen molar-refractivity contribution < 1.29 is 19.4 Å². The maximum absolute atomic E-state index is 12.9. The van der Waals surface area contributed by atoms with E-state index in [1.165, 1.54) is 12.5 Å². The van der Waals surface area contributed by atoms with Crippen LogP contribution < -0.4 is 0 Å². The third-order valence-corrected chi connectivity index (χ3v) is 5.75. The normalized spacial score (nSPS) is 24.1. The average Bonchev–Trinajstić information content (AvgIpc) is 2.47. The van der Waals surface area contributed by atoms with Gasteiger partial charge in [-0.3, -0.25) is 4.79 Å². The molecule has 3 rings (SSSR count). The van der Waals surface area contributed by atoms with Gasteiger partial charge in [0.15, 0.2) is 0 Å². The molecule has 130 valence electrons. The van der Waals surface area contributed by atoms with Crippen molar-refractivity contribution >= 4 is 11.9 Å². The van der Waals surface area contributed by atoms with Crippen molar-refractivity contribution in [3.8, 4) is 0 Å². The number of carbonyl (C=O) groups is 2. The summed E-state index contributed by atoms with van der Waals surface area (Å²) in [6.07, 6.45) is 4.52. The molecule has 0 aliphatic heterocycles. The molecule has 1 spiro atoms. The largest absolute Gasteiger partial charge is 0.478 e. The van der Waals surface area contributed by atoms with Gasteiger partial charge < -0.3 is 14.7 Å². The van der Waals surface area contributed by atoms with Gasteiger partial charge in [0.05, 0.1) is 11.7 Å². The first-order valence-corrected chi connectivity index (χ1v) is 8.63. The number of rotatable bonds is 5. The number of nitrogens with zero attached hydrogens (tertiary/aromatic N) is 1. The van der Waals surface area contributed by atoms with Crippen LogP contribution in [-0.2, 0) is 4.74 Å². The van der Waals surface area contributed by atoms with Gasteiger partial charge in [0.25, 0.3) is 5.91 Å². The Bertz CT molecular complexity index is 665. The first kappa shape index (κ1) is 17.0. The monoisotopic (exact) mass is 331 g/mol. The molecule has 0 radical (unpaired) electrons. The third kappa shape index (κ3) is 2.61. The highest BCUT2D eigenvalue weighted by atomic mass is 16.5. The van der Waals surface area contributed by atoms with Gasteiger partial charge in [-0.05, 0) is 56.9 Å². The van der Waals surface area contributed by atoms with Crippen molar-refractivity contribution in [3.05, 3.63) is 34.9 Å². The number of aromatic carboxylic acids is 1. The van der Waals surface area contributed by atoms with Gasteiger partial charge in [0.2, 0.25) is 0 Å². The van der Waals surface area contributed by atoms with Crippen molar-refractivity contribution in [2.75, 3.05) is 13.7 Å². The molecule has 2 fully saturated rings. The van der Waals surface area contributed by atoms with E-state index >= 15 is 0 Å². The molecule has 2 aliphatic rings. The number of benzene rings is 1. The summed E-state index contributed by atoms with van der Waals surface area (Å²) in [7, 11) is 1.83. The highest BCUT2D eigenvalue weighted by Gasteiger charge is 2.60. The number of carboxylic acid groups (broad SMARTS) is 1. The lowest BCUT2D eigenvalue weighted by Gasteiger charge is -2.63. The summed E-state index contributed by atoms with van der Waals surface area (Å²) < 4.78 is 5.86. The molecule has 2 atom stereocenters. The quantitative estimate of drug-likeness (QED) is 0.900. The fraction of sp³-hybridized carbons (Fsp3) is 0.579. The van der Waals surface area contributed by atoms with E-state index in [0.717, 1.165) is 24.8 Å². The van der Waals surface area contributed by atoms with Gasteiger partial charge in [-0.15, -0.1) is 0 Å². The van der Waals surface area contributed by atoms with Crippen LogP contribution in [0.2, 0.25) is 0 Å². The van der Waals surface area contributed by atoms with Crippen molar-refractivity contribution in [1.82, 2.24) is 4.90 Å². The zero-order chi connectivity index (χ0) is 17.5. The van der Waals surface area contributed by atoms with Crippen LogP contribution in [0.25, 0.3) is 0 Å². The summed E-state index contributed by atoms with van der Waals surface area (Å²) in [5, 5.41) is 9.20. The number of carbonyl (C=O) groups excluding carboxylic acids is 1. The van der Waals surface area contributed by atoms with Crippen molar-refractivity contribution in [3.63, 3.8) is 0 Å². The van der Waals surface area contributed by atoms with E-state index in [-0.39, 0.29) is 29.0 Å². The summed E-state index contributed by atoms with van der Waals surface area (Å²) >= 11 is 0. The Hall–Kier alpha value is -1.88. The molecule has 5 heteroatoms. The molecule has 1 N–H and O–H groups in total. The molecule has 1 amide bonds. The first-order valence-electron chi connectivity index (χ1n) is 8.63. The topological polar surface area (TPSA) is 66.8 Å². The van der Waals surface area contributed by atoms with E-state index in [4.69, 9.17) is 4.74 Å². The lowest BCUT2D eigenvalue weighted by atomic mass is 9.50. The number of amides is 1. The molecule has 0 heterocycles. The van der Waals surface area contributed by atoms with Gasteiger partial charge in [0.1, 0.15) is 0 Å². The molecular weight excluding hydrogens is 306 g/mol. The first-order chi connectivity index (χ1) is 11.4. The molecule has 1 aromatic rings. The van der Waals surface area contributed by atoms with Crippen LogP contribution in [0.15, 0.2) is 18.2 Å². The number of hydrogen-bond acceptors (Lipinski definition) is 3. The van der Waals surface area contributed by atoms with Gasteiger partial charge in [-0.2, -0.15) is 0 Å². The van der Waals surface area contributed by atoms with E-state index in [1.807, 2.05) is 20.9 Å². The van der Waals surface area contributed by atoms with Crippen LogP contribution in [-0.4, -0.2) is 47.7 Å². The van der Waals surface area contributed by atoms with Crippen LogP contribution in [0, 0.1) is 12.3 Å². The average molecular weight is 331 g/mol. The smallest absolute Gasteiger partial charge is 0.335 e. The number of ether oxygens (including phenoxy) is 1. The fourth-order valence-electron chi connectivity index (χ4n) is 4.32. The predicted molar refractivity (Wildman–Crippen MR) is 90.3 cm³/mol. The maximum Gasteiger partial charge on any atom is 0.335 e. The molecule has 5 nitrogen and oxygen atoms in total. The second kappa shape index (κ2) is 6.20. The van der Waals surface area contributed by atoms with E-state index in [2.05, 4.69) is 0 Å². The molecule has 24 heavy (non-hydrogen) atoms. The molecule has 0 aromatic heterocycles. The highest BCUT2D eigenvalue weighted by molar-refractivity contribution is 5.98. The van der Waals surface area contributed by atoms with Gasteiger partial charge in [0, 0.05) is 30.7 Å². The van der Waals surface area contributed by atoms with Crippen LogP contribution >= 0.6 is 0 Å². The molecule has 2 aliphatic carbocycles. The highest BCUT2D eigenvalue weighted by Crippen LogP contribution is 2.59. The van der Waals surface area contributed by atoms with Crippen LogP contribution in [0.5, 0.6) is 0 Å². The van der Waals surface area contributed by atoms with E-state index in [9.17, 15) is 14.7 Å². The molecule has 1 aromatic carbocycles. The SMILES string of the molecule is CCOC1CC(N(C)C(=O)c2cc(C)cc(C(=O)O)c2)C12CCC2. The zero-order valence-corrected chi connectivity index (χ0v) is 14.5. The zero-order valence-electron chi connectivity index (χ0n) is 14.5. The van der Waals surface area contributed by atoms with E-state index < -0.39 is 5.97 Å². The number of aryl methyl sites for hydroxylation is 1. The minimum atomic E-state index is -1.01. The van der Waals surface area contributed by atoms with Gasteiger partial charge in [-0.25, -0.2) is 4.79 Å². The summed E-state index contributed by atoms with van der Waals surface area (Å²) in [4.78, 5) is 25.9. The second-order valence-electron chi connectivity index (χ2n) is 7.09. The number of hydrogen-bond donors (Lipinski definition) is 1. The Labute approximate surface area is 142 Å². The minimum absolute atomic E-state index is 0.104. The lowest BCUT2D eigenvalue weighted by Crippen LogP contribution is -2.67. The standard InChI is InChI=1S/C19H25NO4/c1-4-24-16-11-15(19(16)6-5-7-19)20(3)17(21)13-8-12(2)9-14(10-13)18(22)23/h8-10,15-16H,4-7,11H2,1-3H3,(H,22,23). The number of carboxylic acids is 1. The Kier molecular flexibility index (Phi) is 4.38.